The third-order valence-corrected chi connectivity index (χ3v) is 6.12. The van der Waals surface area contributed by atoms with Crippen LogP contribution >= 0.6 is 0 Å². The van der Waals surface area contributed by atoms with Crippen LogP contribution in [0.1, 0.15) is 29.6 Å². The average Bonchev–Trinajstić information content (AvgIpc) is 3.09. The summed E-state index contributed by atoms with van der Waals surface area (Å²) in [5.74, 6) is 0.499. The van der Waals surface area contributed by atoms with E-state index in [2.05, 4.69) is 10.2 Å². The number of hydrogen-bond donors (Lipinski definition) is 1. The number of nitrogens with one attached hydrogen (secondary N) is 1. The first-order valence-corrected chi connectivity index (χ1v) is 9.13. The number of nitrogens with zero attached hydrogens (tertiary/aromatic N) is 1. The highest BCUT2D eigenvalue weighted by Crippen LogP contribution is 2.22. The lowest BCUT2D eigenvalue weighted by molar-refractivity contribution is 0.0897. The minimum absolute atomic E-state index is 0.106. The molecular weight excluding hydrogens is 292 g/mol. The second-order valence-electron chi connectivity index (χ2n) is 5.85. The van der Waals surface area contributed by atoms with Crippen LogP contribution in [0.15, 0.2) is 23.0 Å². The number of carbonyl (C=O) groups excluding carboxylic acids is 1. The molecule has 1 N–H and O–H groups in total. The summed E-state index contributed by atoms with van der Waals surface area (Å²) in [4.78, 5) is 14.2. The van der Waals surface area contributed by atoms with E-state index in [-0.39, 0.29) is 18.0 Å². The number of furan rings is 1. The topological polar surface area (TPSA) is 79.6 Å². The zero-order chi connectivity index (χ0) is 14.9. The summed E-state index contributed by atoms with van der Waals surface area (Å²) < 4.78 is 28.0. The van der Waals surface area contributed by atoms with Crippen molar-refractivity contribution in [2.75, 3.05) is 24.6 Å². The van der Waals surface area contributed by atoms with E-state index in [1.807, 2.05) is 0 Å². The molecule has 1 amide bonds. The van der Waals surface area contributed by atoms with E-state index in [1.165, 1.54) is 12.5 Å². The molecule has 116 valence electrons. The van der Waals surface area contributed by atoms with Crippen LogP contribution in [-0.4, -0.2) is 55.9 Å². The van der Waals surface area contributed by atoms with E-state index < -0.39 is 9.84 Å². The molecule has 2 saturated heterocycles. The molecule has 0 aliphatic carbocycles. The Hall–Kier alpha value is -1.34. The van der Waals surface area contributed by atoms with Crippen molar-refractivity contribution in [2.45, 2.75) is 31.3 Å². The van der Waals surface area contributed by atoms with Crippen molar-refractivity contribution < 1.29 is 17.6 Å². The Kier molecular flexibility index (Phi) is 4.03. The molecule has 7 heteroatoms. The summed E-state index contributed by atoms with van der Waals surface area (Å²) in [7, 11) is -2.83. The molecule has 6 nitrogen and oxygen atoms in total. The number of rotatable bonds is 3. The molecule has 21 heavy (non-hydrogen) atoms. The lowest BCUT2D eigenvalue weighted by Crippen LogP contribution is -2.48. The Morgan fingerprint density at radius 3 is 2.62 bits per heavy atom. The van der Waals surface area contributed by atoms with Gasteiger partial charge in [0.15, 0.2) is 9.84 Å². The number of hydrogen-bond acceptors (Lipinski definition) is 5. The minimum Gasteiger partial charge on any atom is -0.472 e. The SMILES string of the molecule is O=C(NC1CCN([C@@H]2CCS(=O)(=O)C2)CC1)c1ccoc1. The summed E-state index contributed by atoms with van der Waals surface area (Å²) in [5.41, 5.74) is 0.541. The summed E-state index contributed by atoms with van der Waals surface area (Å²) in [6.45, 7) is 1.69. The van der Waals surface area contributed by atoms with Crippen molar-refractivity contribution in [3.05, 3.63) is 24.2 Å². The Morgan fingerprint density at radius 1 is 1.29 bits per heavy atom. The normalized spacial score (nSPS) is 26.8. The van der Waals surface area contributed by atoms with Crippen molar-refractivity contribution in [3.8, 4) is 0 Å². The molecule has 1 aromatic heterocycles. The van der Waals surface area contributed by atoms with Gasteiger partial charge in [0.25, 0.3) is 5.91 Å². The predicted molar refractivity (Wildman–Crippen MR) is 77.8 cm³/mol. The third-order valence-electron chi connectivity index (χ3n) is 4.37. The van der Waals surface area contributed by atoms with Gasteiger partial charge in [0.1, 0.15) is 6.26 Å². The van der Waals surface area contributed by atoms with E-state index in [0.29, 0.717) is 17.1 Å². The quantitative estimate of drug-likeness (QED) is 0.887. The van der Waals surface area contributed by atoms with E-state index in [4.69, 9.17) is 4.42 Å². The van der Waals surface area contributed by atoms with Crippen molar-refractivity contribution >= 4 is 15.7 Å². The lowest BCUT2D eigenvalue weighted by atomic mass is 10.0. The van der Waals surface area contributed by atoms with Gasteiger partial charge in [0, 0.05) is 25.2 Å². The molecule has 1 atom stereocenters. The average molecular weight is 312 g/mol. The van der Waals surface area contributed by atoms with Gasteiger partial charge < -0.3 is 9.73 Å². The molecule has 3 rings (SSSR count). The minimum atomic E-state index is -2.83. The van der Waals surface area contributed by atoms with Crippen LogP contribution in [0.3, 0.4) is 0 Å². The van der Waals surface area contributed by atoms with Gasteiger partial charge in [-0.05, 0) is 25.3 Å². The van der Waals surface area contributed by atoms with Gasteiger partial charge >= 0.3 is 0 Å². The molecule has 1 aromatic rings. The Balaban J connectivity index is 1.48. The molecule has 3 heterocycles. The fourth-order valence-corrected chi connectivity index (χ4v) is 4.90. The molecule has 2 aliphatic rings. The van der Waals surface area contributed by atoms with E-state index in [9.17, 15) is 13.2 Å². The predicted octanol–water partition coefficient (Wildman–Crippen LogP) is 0.661. The van der Waals surface area contributed by atoms with E-state index in [1.54, 1.807) is 6.07 Å². The molecule has 0 spiro atoms. The third kappa shape index (κ3) is 3.47. The summed E-state index contributed by atoms with van der Waals surface area (Å²) in [5, 5.41) is 3.00. The lowest BCUT2D eigenvalue weighted by Gasteiger charge is -2.35. The van der Waals surface area contributed by atoms with Crippen LogP contribution < -0.4 is 5.32 Å². The highest BCUT2D eigenvalue weighted by Gasteiger charge is 2.34. The first-order chi connectivity index (χ1) is 10.0. The highest BCUT2D eigenvalue weighted by atomic mass is 32.2. The smallest absolute Gasteiger partial charge is 0.254 e. The second kappa shape index (κ2) is 5.81. The van der Waals surface area contributed by atoms with Crippen LogP contribution in [0.25, 0.3) is 0 Å². The maximum Gasteiger partial charge on any atom is 0.254 e. The van der Waals surface area contributed by atoms with Gasteiger partial charge in [-0.2, -0.15) is 0 Å². The molecule has 0 aromatic carbocycles. The number of likely N-dealkylation sites (tertiary alicyclic amines) is 1. The zero-order valence-electron chi connectivity index (χ0n) is 11.8. The monoisotopic (exact) mass is 312 g/mol. The van der Waals surface area contributed by atoms with Crippen molar-refractivity contribution in [1.29, 1.82) is 0 Å². The number of piperidine rings is 1. The van der Waals surface area contributed by atoms with Gasteiger partial charge in [-0.1, -0.05) is 0 Å². The summed E-state index contributed by atoms with van der Waals surface area (Å²) >= 11 is 0. The van der Waals surface area contributed by atoms with Gasteiger partial charge in [-0.25, -0.2) is 8.42 Å². The van der Waals surface area contributed by atoms with Gasteiger partial charge in [0.2, 0.25) is 0 Å². The van der Waals surface area contributed by atoms with Crippen LogP contribution in [0.5, 0.6) is 0 Å². The van der Waals surface area contributed by atoms with Crippen molar-refractivity contribution in [2.24, 2.45) is 0 Å². The maximum atomic E-state index is 11.9. The number of amides is 1. The van der Waals surface area contributed by atoms with Crippen molar-refractivity contribution in [3.63, 3.8) is 0 Å². The molecular formula is C14H20N2O4S. The molecule has 0 unspecified atom stereocenters. The molecule has 0 radical (unpaired) electrons. The van der Waals surface area contributed by atoms with Crippen LogP contribution in [0.2, 0.25) is 0 Å². The first-order valence-electron chi connectivity index (χ1n) is 7.31. The van der Waals surface area contributed by atoms with Crippen LogP contribution in [-0.2, 0) is 9.84 Å². The number of carbonyl (C=O) groups is 1. The first kappa shape index (κ1) is 14.6. The van der Waals surface area contributed by atoms with E-state index >= 15 is 0 Å². The Labute approximate surface area is 124 Å². The molecule has 2 fully saturated rings. The standard InChI is InChI=1S/C14H20N2O4S/c17-14(11-3-7-20-9-11)15-12-1-5-16(6-2-12)13-4-8-21(18,19)10-13/h3,7,9,12-13H,1-2,4-6,8,10H2,(H,15,17)/t13-/m1/s1. The Bertz CT molecular complexity index is 589. The fraction of sp³-hybridized carbons (Fsp3) is 0.643. The van der Waals surface area contributed by atoms with Gasteiger partial charge in [-0.15, -0.1) is 0 Å². The Morgan fingerprint density at radius 2 is 2.05 bits per heavy atom. The molecule has 0 saturated carbocycles. The molecule has 0 bridgehead atoms. The second-order valence-corrected chi connectivity index (χ2v) is 8.08. The fourth-order valence-electron chi connectivity index (χ4n) is 3.13. The molecule has 2 aliphatic heterocycles. The van der Waals surface area contributed by atoms with E-state index in [0.717, 1.165) is 32.4 Å². The van der Waals surface area contributed by atoms with Crippen LogP contribution in [0, 0.1) is 0 Å². The number of sulfone groups is 1. The zero-order valence-corrected chi connectivity index (χ0v) is 12.6. The van der Waals surface area contributed by atoms with Crippen LogP contribution in [0.4, 0.5) is 0 Å². The maximum absolute atomic E-state index is 11.9. The summed E-state index contributed by atoms with van der Waals surface area (Å²) in [6, 6.07) is 1.97. The van der Waals surface area contributed by atoms with Gasteiger partial charge in [0.05, 0.1) is 23.3 Å². The highest BCUT2D eigenvalue weighted by molar-refractivity contribution is 7.91. The summed E-state index contributed by atoms with van der Waals surface area (Å²) in [6.07, 6.45) is 5.39. The largest absolute Gasteiger partial charge is 0.472 e. The van der Waals surface area contributed by atoms with Crippen molar-refractivity contribution in [1.82, 2.24) is 10.2 Å². The van der Waals surface area contributed by atoms with Gasteiger partial charge in [-0.3, -0.25) is 9.69 Å².